The van der Waals surface area contributed by atoms with Crippen molar-refractivity contribution >= 4 is 15.6 Å². The molecule has 0 atom stereocenters. The lowest BCUT2D eigenvalue weighted by atomic mass is 10.1. The standard InChI is InChI=1S/C15H19F3O3S/c1-11(2)6-5-7-12(19)10-22(20,21)14-9-4-3-8-13(14)15(16,17)18/h3-4,8-9,11H,5-7,10H2,1-2H3. The molecule has 0 amide bonds. The molecule has 124 valence electrons. The number of halogens is 3. The molecule has 0 aliphatic carbocycles. The Balaban J connectivity index is 2.90. The van der Waals surface area contributed by atoms with E-state index in [4.69, 9.17) is 0 Å². The number of alkyl halides is 3. The summed E-state index contributed by atoms with van der Waals surface area (Å²) in [7, 11) is -4.29. The maximum absolute atomic E-state index is 12.9. The topological polar surface area (TPSA) is 51.2 Å². The molecule has 0 unspecified atom stereocenters. The second kappa shape index (κ2) is 7.26. The smallest absolute Gasteiger partial charge is 0.299 e. The quantitative estimate of drug-likeness (QED) is 0.759. The SMILES string of the molecule is CC(C)CCCC(=O)CS(=O)(=O)c1ccccc1C(F)(F)F. The monoisotopic (exact) mass is 336 g/mol. The predicted molar refractivity (Wildman–Crippen MR) is 77.2 cm³/mol. The summed E-state index contributed by atoms with van der Waals surface area (Å²) in [5.74, 6) is -1.06. The number of carbonyl (C=O) groups excluding carboxylic acids is 1. The van der Waals surface area contributed by atoms with Gasteiger partial charge < -0.3 is 0 Å². The van der Waals surface area contributed by atoms with E-state index in [1.54, 1.807) is 0 Å². The molecule has 1 aromatic carbocycles. The first-order valence-electron chi connectivity index (χ1n) is 6.94. The first-order chi connectivity index (χ1) is 10.0. The van der Waals surface area contributed by atoms with Crippen molar-refractivity contribution in [2.75, 3.05) is 5.75 Å². The van der Waals surface area contributed by atoms with E-state index in [2.05, 4.69) is 0 Å². The highest BCUT2D eigenvalue weighted by atomic mass is 32.2. The lowest BCUT2D eigenvalue weighted by Gasteiger charge is -2.12. The average Bonchev–Trinajstić information content (AvgIpc) is 2.36. The molecule has 22 heavy (non-hydrogen) atoms. The van der Waals surface area contributed by atoms with Gasteiger partial charge in [-0.2, -0.15) is 13.2 Å². The Morgan fingerprint density at radius 1 is 1.18 bits per heavy atom. The van der Waals surface area contributed by atoms with E-state index in [1.807, 2.05) is 13.8 Å². The molecular weight excluding hydrogens is 317 g/mol. The maximum atomic E-state index is 12.9. The van der Waals surface area contributed by atoms with E-state index in [0.29, 0.717) is 18.4 Å². The first-order valence-corrected chi connectivity index (χ1v) is 8.60. The summed E-state index contributed by atoms with van der Waals surface area (Å²) < 4.78 is 62.7. The van der Waals surface area contributed by atoms with Crippen molar-refractivity contribution < 1.29 is 26.4 Å². The molecule has 0 bridgehead atoms. The van der Waals surface area contributed by atoms with Gasteiger partial charge >= 0.3 is 6.18 Å². The largest absolute Gasteiger partial charge is 0.417 e. The van der Waals surface area contributed by atoms with Crippen molar-refractivity contribution in [3.05, 3.63) is 29.8 Å². The van der Waals surface area contributed by atoms with E-state index in [1.165, 1.54) is 6.07 Å². The van der Waals surface area contributed by atoms with Crippen LogP contribution in [0.1, 0.15) is 38.7 Å². The van der Waals surface area contributed by atoms with Crippen LogP contribution in [-0.2, 0) is 20.8 Å². The van der Waals surface area contributed by atoms with E-state index in [0.717, 1.165) is 18.6 Å². The molecule has 0 heterocycles. The molecule has 1 rings (SSSR count). The lowest BCUT2D eigenvalue weighted by molar-refractivity contribution is -0.139. The van der Waals surface area contributed by atoms with Gasteiger partial charge in [0.05, 0.1) is 10.5 Å². The fraction of sp³-hybridized carbons (Fsp3) is 0.533. The fourth-order valence-electron chi connectivity index (χ4n) is 2.04. The Kier molecular flexibility index (Phi) is 6.17. The molecular formula is C15H19F3O3S. The van der Waals surface area contributed by atoms with Crippen LogP contribution in [0.25, 0.3) is 0 Å². The van der Waals surface area contributed by atoms with Gasteiger partial charge in [0.25, 0.3) is 0 Å². The van der Waals surface area contributed by atoms with E-state index in [-0.39, 0.29) is 6.42 Å². The van der Waals surface area contributed by atoms with Gasteiger partial charge in [-0.3, -0.25) is 4.79 Å². The van der Waals surface area contributed by atoms with Crippen LogP contribution in [-0.4, -0.2) is 20.0 Å². The number of ketones is 1. The minimum absolute atomic E-state index is 0.0611. The van der Waals surface area contributed by atoms with Crippen LogP contribution in [0.3, 0.4) is 0 Å². The van der Waals surface area contributed by atoms with Gasteiger partial charge in [0, 0.05) is 6.42 Å². The maximum Gasteiger partial charge on any atom is 0.417 e. The number of Topliss-reactive ketones (excluding diaryl/α,β-unsaturated/α-hetero) is 1. The number of rotatable bonds is 7. The van der Waals surface area contributed by atoms with Gasteiger partial charge in [0.1, 0.15) is 11.5 Å². The van der Waals surface area contributed by atoms with Crippen LogP contribution in [0.5, 0.6) is 0 Å². The predicted octanol–water partition coefficient (Wildman–Crippen LogP) is 3.87. The normalized spacial score (nSPS) is 12.6. The molecule has 0 aliphatic rings. The van der Waals surface area contributed by atoms with E-state index in [9.17, 15) is 26.4 Å². The molecule has 3 nitrogen and oxygen atoms in total. The molecule has 0 aromatic heterocycles. The molecule has 0 N–H and O–H groups in total. The van der Waals surface area contributed by atoms with Gasteiger partial charge in [-0.15, -0.1) is 0 Å². The van der Waals surface area contributed by atoms with Crippen molar-refractivity contribution in [3.8, 4) is 0 Å². The lowest BCUT2D eigenvalue weighted by Crippen LogP contribution is -2.20. The average molecular weight is 336 g/mol. The highest BCUT2D eigenvalue weighted by molar-refractivity contribution is 7.92. The van der Waals surface area contributed by atoms with Crippen molar-refractivity contribution in [2.45, 2.75) is 44.2 Å². The Labute approximate surface area is 128 Å². The van der Waals surface area contributed by atoms with Crippen LogP contribution in [0.2, 0.25) is 0 Å². The summed E-state index contributed by atoms with van der Waals surface area (Å²) in [5.41, 5.74) is -1.23. The molecule has 0 fully saturated rings. The highest BCUT2D eigenvalue weighted by Crippen LogP contribution is 2.34. The molecule has 7 heteroatoms. The summed E-state index contributed by atoms with van der Waals surface area (Å²) >= 11 is 0. The van der Waals surface area contributed by atoms with Crippen molar-refractivity contribution in [1.82, 2.24) is 0 Å². The minimum Gasteiger partial charge on any atom is -0.299 e. The van der Waals surface area contributed by atoms with Crippen molar-refractivity contribution in [2.24, 2.45) is 5.92 Å². The zero-order valence-corrected chi connectivity index (χ0v) is 13.3. The Bertz CT molecular complexity index is 619. The van der Waals surface area contributed by atoms with E-state index >= 15 is 0 Å². The molecule has 0 aliphatic heterocycles. The summed E-state index contributed by atoms with van der Waals surface area (Å²) in [6.45, 7) is 3.95. The molecule has 0 saturated carbocycles. The second-order valence-corrected chi connectivity index (χ2v) is 7.54. The van der Waals surface area contributed by atoms with Crippen LogP contribution in [0.15, 0.2) is 29.2 Å². The first kappa shape index (κ1) is 18.7. The third-order valence-corrected chi connectivity index (χ3v) is 4.84. The van der Waals surface area contributed by atoms with Crippen LogP contribution < -0.4 is 0 Å². The number of hydrogen-bond acceptors (Lipinski definition) is 3. The van der Waals surface area contributed by atoms with Crippen LogP contribution in [0, 0.1) is 5.92 Å². The number of hydrogen-bond donors (Lipinski definition) is 0. The van der Waals surface area contributed by atoms with Gasteiger partial charge in [-0.25, -0.2) is 8.42 Å². The van der Waals surface area contributed by atoms with Crippen LogP contribution >= 0.6 is 0 Å². The summed E-state index contributed by atoms with van der Waals surface area (Å²) in [6, 6.07) is 3.92. The highest BCUT2D eigenvalue weighted by Gasteiger charge is 2.37. The Morgan fingerprint density at radius 2 is 1.77 bits per heavy atom. The Morgan fingerprint density at radius 3 is 2.32 bits per heavy atom. The molecule has 1 aromatic rings. The van der Waals surface area contributed by atoms with Crippen LogP contribution in [0.4, 0.5) is 13.2 Å². The van der Waals surface area contributed by atoms with Gasteiger partial charge in [-0.05, 0) is 24.5 Å². The third kappa shape index (κ3) is 5.44. The number of benzene rings is 1. The zero-order valence-electron chi connectivity index (χ0n) is 12.5. The third-order valence-electron chi connectivity index (χ3n) is 3.12. The molecule has 0 saturated heterocycles. The molecule has 0 spiro atoms. The van der Waals surface area contributed by atoms with Gasteiger partial charge in [0.15, 0.2) is 9.84 Å². The Hall–Kier alpha value is -1.37. The molecule has 0 radical (unpaired) electrons. The van der Waals surface area contributed by atoms with Gasteiger partial charge in [0.2, 0.25) is 0 Å². The fourth-order valence-corrected chi connectivity index (χ4v) is 3.57. The summed E-state index contributed by atoms with van der Waals surface area (Å²) in [5, 5.41) is 0. The minimum atomic E-state index is -4.77. The van der Waals surface area contributed by atoms with Gasteiger partial charge in [-0.1, -0.05) is 32.4 Å². The number of carbonyl (C=O) groups is 1. The second-order valence-electron chi connectivity index (χ2n) is 5.58. The van der Waals surface area contributed by atoms with E-state index < -0.39 is 38.0 Å². The summed E-state index contributed by atoms with van der Waals surface area (Å²) in [4.78, 5) is 10.9. The zero-order chi connectivity index (χ0) is 17.0. The van der Waals surface area contributed by atoms with Crippen molar-refractivity contribution in [1.29, 1.82) is 0 Å². The number of sulfone groups is 1. The van der Waals surface area contributed by atoms with Crippen molar-refractivity contribution in [3.63, 3.8) is 0 Å². The summed E-state index contributed by atoms with van der Waals surface area (Å²) in [6.07, 6.45) is -3.41.